The molecule has 0 fully saturated rings. The number of halogens is 6. The number of hydrogen-bond donors (Lipinski definition) is 2. The second-order valence-corrected chi connectivity index (χ2v) is 4.26. The normalized spacial score (nSPS) is 10.8. The van der Waals surface area contributed by atoms with Crippen molar-refractivity contribution in [3.63, 3.8) is 0 Å². The highest BCUT2D eigenvalue weighted by molar-refractivity contribution is 5.74. The van der Waals surface area contributed by atoms with Gasteiger partial charge in [-0.1, -0.05) is 0 Å². The van der Waals surface area contributed by atoms with E-state index >= 15 is 0 Å². The molecule has 0 aliphatic rings. The van der Waals surface area contributed by atoms with Crippen LogP contribution in [0.2, 0.25) is 0 Å². The standard InChI is InChI=1S/C13H8F6N2/c1-4-2-7(6(20)3-5(4)14)21-13-11(18)9(16)8(15)10(17)12(13)19/h2-3,21H,20H2,1H3. The number of benzene rings is 2. The Morgan fingerprint density at radius 3 is 1.81 bits per heavy atom. The SMILES string of the molecule is Cc1cc(Nc2c(F)c(F)c(F)c(F)c2F)c(N)cc1F. The molecule has 0 aromatic heterocycles. The zero-order chi connectivity index (χ0) is 15.9. The van der Waals surface area contributed by atoms with E-state index in [2.05, 4.69) is 0 Å². The summed E-state index contributed by atoms with van der Waals surface area (Å²) in [6, 6.07) is 1.95. The summed E-state index contributed by atoms with van der Waals surface area (Å²) in [5, 5.41) is 2.00. The quantitative estimate of drug-likeness (QED) is 0.378. The van der Waals surface area contributed by atoms with Crippen LogP contribution in [-0.2, 0) is 0 Å². The predicted molar refractivity (Wildman–Crippen MR) is 65.1 cm³/mol. The molecule has 0 radical (unpaired) electrons. The topological polar surface area (TPSA) is 38.0 Å². The lowest BCUT2D eigenvalue weighted by atomic mass is 10.1. The molecule has 2 nitrogen and oxygen atoms in total. The van der Waals surface area contributed by atoms with Gasteiger partial charge in [-0.15, -0.1) is 0 Å². The van der Waals surface area contributed by atoms with Gasteiger partial charge in [-0.2, -0.15) is 0 Å². The molecule has 0 unspecified atom stereocenters. The van der Waals surface area contributed by atoms with Crippen molar-refractivity contribution in [1.82, 2.24) is 0 Å². The molecule has 0 aliphatic heterocycles. The first-order chi connectivity index (χ1) is 9.73. The minimum absolute atomic E-state index is 0.0792. The summed E-state index contributed by atoms with van der Waals surface area (Å²) in [4.78, 5) is 0. The average Bonchev–Trinajstić information content (AvgIpc) is 2.44. The van der Waals surface area contributed by atoms with Gasteiger partial charge in [0.2, 0.25) is 5.82 Å². The van der Waals surface area contributed by atoms with E-state index in [9.17, 15) is 26.3 Å². The van der Waals surface area contributed by atoms with E-state index in [1.807, 2.05) is 5.32 Å². The highest BCUT2D eigenvalue weighted by Crippen LogP contribution is 2.32. The van der Waals surface area contributed by atoms with Crippen LogP contribution in [0.15, 0.2) is 12.1 Å². The Morgan fingerprint density at radius 2 is 1.29 bits per heavy atom. The number of anilines is 3. The predicted octanol–water partition coefficient (Wildman–Crippen LogP) is 4.16. The van der Waals surface area contributed by atoms with Crippen molar-refractivity contribution in [3.8, 4) is 0 Å². The third-order valence-corrected chi connectivity index (χ3v) is 2.80. The maximum Gasteiger partial charge on any atom is 0.200 e. The zero-order valence-corrected chi connectivity index (χ0v) is 10.5. The van der Waals surface area contributed by atoms with Crippen LogP contribution >= 0.6 is 0 Å². The van der Waals surface area contributed by atoms with Gasteiger partial charge in [-0.25, -0.2) is 26.3 Å². The monoisotopic (exact) mass is 306 g/mol. The van der Waals surface area contributed by atoms with Gasteiger partial charge in [0.05, 0.1) is 11.4 Å². The molecule has 8 heteroatoms. The number of hydrogen-bond acceptors (Lipinski definition) is 2. The maximum atomic E-state index is 13.5. The fourth-order valence-electron chi connectivity index (χ4n) is 1.65. The van der Waals surface area contributed by atoms with E-state index in [1.54, 1.807) is 0 Å². The largest absolute Gasteiger partial charge is 0.397 e. The van der Waals surface area contributed by atoms with Crippen molar-refractivity contribution in [1.29, 1.82) is 0 Å². The number of rotatable bonds is 2. The summed E-state index contributed by atoms with van der Waals surface area (Å²) in [6.07, 6.45) is 0. The van der Waals surface area contributed by atoms with Crippen LogP contribution in [-0.4, -0.2) is 0 Å². The van der Waals surface area contributed by atoms with Gasteiger partial charge in [0, 0.05) is 0 Å². The number of nitrogens with two attached hydrogens (primary N) is 1. The minimum atomic E-state index is -2.26. The maximum absolute atomic E-state index is 13.5. The summed E-state index contributed by atoms with van der Waals surface area (Å²) < 4.78 is 79.2. The summed E-state index contributed by atoms with van der Waals surface area (Å²) in [7, 11) is 0. The molecule has 3 N–H and O–H groups in total. The van der Waals surface area contributed by atoms with Crippen molar-refractivity contribution in [2.24, 2.45) is 0 Å². The Balaban J connectivity index is 2.58. The van der Waals surface area contributed by atoms with Crippen LogP contribution in [0.1, 0.15) is 5.56 Å². The molecular formula is C13H8F6N2. The lowest BCUT2D eigenvalue weighted by Crippen LogP contribution is -2.08. The molecule has 112 valence electrons. The van der Waals surface area contributed by atoms with E-state index < -0.39 is 40.6 Å². The second kappa shape index (κ2) is 5.19. The zero-order valence-electron chi connectivity index (χ0n) is 10.5. The molecule has 0 aliphatic carbocycles. The number of aryl methyl sites for hydroxylation is 1. The Morgan fingerprint density at radius 1 is 0.810 bits per heavy atom. The first kappa shape index (κ1) is 15.0. The van der Waals surface area contributed by atoms with Crippen LogP contribution < -0.4 is 11.1 Å². The van der Waals surface area contributed by atoms with E-state index in [0.29, 0.717) is 0 Å². The van der Waals surface area contributed by atoms with Crippen molar-refractivity contribution < 1.29 is 26.3 Å². The van der Waals surface area contributed by atoms with E-state index in [4.69, 9.17) is 5.73 Å². The smallest absolute Gasteiger partial charge is 0.200 e. The highest BCUT2D eigenvalue weighted by Gasteiger charge is 2.26. The number of nitrogen functional groups attached to an aromatic ring is 1. The van der Waals surface area contributed by atoms with Crippen LogP contribution in [0.5, 0.6) is 0 Å². The molecule has 21 heavy (non-hydrogen) atoms. The van der Waals surface area contributed by atoms with Crippen LogP contribution in [0, 0.1) is 41.8 Å². The van der Waals surface area contributed by atoms with Gasteiger partial charge in [-0.3, -0.25) is 0 Å². The summed E-state index contributed by atoms with van der Waals surface area (Å²) in [5.41, 5.74) is 3.82. The molecular weight excluding hydrogens is 298 g/mol. The van der Waals surface area contributed by atoms with E-state index in [0.717, 1.165) is 12.1 Å². The first-order valence-corrected chi connectivity index (χ1v) is 5.58. The van der Waals surface area contributed by atoms with E-state index in [-0.39, 0.29) is 16.9 Å². The molecule has 2 rings (SSSR count). The van der Waals surface area contributed by atoms with Gasteiger partial charge >= 0.3 is 0 Å². The molecule has 2 aromatic rings. The second-order valence-electron chi connectivity index (χ2n) is 4.26. The molecule has 0 heterocycles. The lowest BCUT2D eigenvalue weighted by Gasteiger charge is -2.13. The molecule has 2 aromatic carbocycles. The summed E-state index contributed by atoms with van der Waals surface area (Å²) >= 11 is 0. The van der Waals surface area contributed by atoms with Crippen molar-refractivity contribution >= 4 is 17.1 Å². The van der Waals surface area contributed by atoms with Crippen LogP contribution in [0.3, 0.4) is 0 Å². The van der Waals surface area contributed by atoms with Gasteiger partial charge in [-0.05, 0) is 24.6 Å². The van der Waals surface area contributed by atoms with Gasteiger partial charge < -0.3 is 11.1 Å². The lowest BCUT2D eigenvalue weighted by molar-refractivity contribution is 0.382. The molecule has 0 saturated heterocycles. The number of nitrogens with one attached hydrogen (secondary N) is 1. The highest BCUT2D eigenvalue weighted by atomic mass is 19.2. The van der Waals surface area contributed by atoms with Crippen molar-refractivity contribution in [2.75, 3.05) is 11.1 Å². The van der Waals surface area contributed by atoms with Crippen molar-refractivity contribution in [3.05, 3.63) is 52.6 Å². The van der Waals surface area contributed by atoms with E-state index in [1.165, 1.54) is 6.92 Å². The molecule has 0 amide bonds. The Hall–Kier alpha value is -2.38. The van der Waals surface area contributed by atoms with Gasteiger partial charge in [0.25, 0.3) is 0 Å². The summed E-state index contributed by atoms with van der Waals surface area (Å²) in [6.45, 7) is 1.35. The Labute approximate surface area is 115 Å². The Kier molecular flexibility index (Phi) is 3.71. The third-order valence-electron chi connectivity index (χ3n) is 2.80. The molecule has 0 atom stereocenters. The molecule has 0 saturated carbocycles. The Bertz CT molecular complexity index is 700. The van der Waals surface area contributed by atoms with Gasteiger partial charge in [0.15, 0.2) is 23.3 Å². The fourth-order valence-corrected chi connectivity index (χ4v) is 1.65. The molecule has 0 spiro atoms. The van der Waals surface area contributed by atoms with Crippen LogP contribution in [0.4, 0.5) is 43.4 Å². The van der Waals surface area contributed by atoms with Crippen LogP contribution in [0.25, 0.3) is 0 Å². The molecule has 0 bridgehead atoms. The fraction of sp³-hybridized carbons (Fsp3) is 0.0769. The van der Waals surface area contributed by atoms with Gasteiger partial charge in [0.1, 0.15) is 11.5 Å². The average molecular weight is 306 g/mol. The minimum Gasteiger partial charge on any atom is -0.397 e. The van der Waals surface area contributed by atoms with Crippen molar-refractivity contribution in [2.45, 2.75) is 6.92 Å². The summed E-state index contributed by atoms with van der Waals surface area (Å²) in [5.74, 6) is -11.2. The first-order valence-electron chi connectivity index (χ1n) is 5.58. The third kappa shape index (κ3) is 2.48.